The molecule has 0 radical (unpaired) electrons. The number of aromatic nitrogens is 3. The summed E-state index contributed by atoms with van der Waals surface area (Å²) in [6.07, 6.45) is 0. The van der Waals surface area contributed by atoms with Crippen molar-refractivity contribution >= 4 is 17.8 Å². The van der Waals surface area contributed by atoms with Crippen LogP contribution < -0.4 is 15.5 Å². The quantitative estimate of drug-likeness (QED) is 0.824. The van der Waals surface area contributed by atoms with Crippen LogP contribution in [0.5, 0.6) is 0 Å². The van der Waals surface area contributed by atoms with Crippen LogP contribution >= 0.6 is 0 Å². The molecule has 0 unspecified atom stereocenters. The summed E-state index contributed by atoms with van der Waals surface area (Å²) in [5.41, 5.74) is -0.0780. The Morgan fingerprint density at radius 2 is 1.53 bits per heavy atom. The molecule has 108 valence electrons. The Balaban J connectivity index is 3.09. The third-order valence-corrected chi connectivity index (χ3v) is 2.49. The first-order chi connectivity index (χ1) is 8.89. The first kappa shape index (κ1) is 15.5. The van der Waals surface area contributed by atoms with E-state index in [-0.39, 0.29) is 5.54 Å². The van der Waals surface area contributed by atoms with Gasteiger partial charge in [-0.15, -0.1) is 0 Å². The zero-order chi connectivity index (χ0) is 14.5. The molecule has 0 aliphatic heterocycles. The van der Waals surface area contributed by atoms with E-state index in [1.54, 1.807) is 0 Å². The lowest BCUT2D eigenvalue weighted by Gasteiger charge is -2.23. The van der Waals surface area contributed by atoms with E-state index in [1.165, 1.54) is 0 Å². The summed E-state index contributed by atoms with van der Waals surface area (Å²) in [4.78, 5) is 15.4. The number of anilines is 3. The summed E-state index contributed by atoms with van der Waals surface area (Å²) in [5, 5.41) is 6.44. The Morgan fingerprint density at radius 1 is 0.947 bits per heavy atom. The molecule has 6 nitrogen and oxygen atoms in total. The summed E-state index contributed by atoms with van der Waals surface area (Å²) >= 11 is 0. The van der Waals surface area contributed by atoms with E-state index in [4.69, 9.17) is 0 Å². The molecule has 0 aliphatic rings. The molecular formula is C13H26N6. The first-order valence-corrected chi connectivity index (χ1v) is 6.92. The van der Waals surface area contributed by atoms with Gasteiger partial charge in [0.2, 0.25) is 17.8 Å². The van der Waals surface area contributed by atoms with E-state index in [1.807, 2.05) is 6.92 Å². The van der Waals surface area contributed by atoms with Gasteiger partial charge in [0.05, 0.1) is 0 Å². The second-order valence-electron chi connectivity index (χ2n) is 5.36. The third kappa shape index (κ3) is 4.89. The maximum atomic E-state index is 4.50. The highest BCUT2D eigenvalue weighted by Gasteiger charge is 2.15. The minimum Gasteiger partial charge on any atom is -0.354 e. The van der Waals surface area contributed by atoms with E-state index in [2.05, 4.69) is 65.1 Å². The van der Waals surface area contributed by atoms with Crippen molar-refractivity contribution < 1.29 is 0 Å². The molecule has 0 spiro atoms. The van der Waals surface area contributed by atoms with Crippen LogP contribution in [0.25, 0.3) is 0 Å². The third-order valence-electron chi connectivity index (χ3n) is 2.49. The summed E-state index contributed by atoms with van der Waals surface area (Å²) in [6.45, 7) is 15.0. The lowest BCUT2D eigenvalue weighted by atomic mass is 10.1. The van der Waals surface area contributed by atoms with Gasteiger partial charge in [-0.25, -0.2) is 0 Å². The molecule has 0 aromatic carbocycles. The van der Waals surface area contributed by atoms with E-state index >= 15 is 0 Å². The Kier molecular flexibility index (Phi) is 5.32. The van der Waals surface area contributed by atoms with Crippen LogP contribution in [0, 0.1) is 0 Å². The molecule has 0 saturated heterocycles. The van der Waals surface area contributed by atoms with Crippen LogP contribution in [0.3, 0.4) is 0 Å². The van der Waals surface area contributed by atoms with Gasteiger partial charge in [-0.1, -0.05) is 0 Å². The van der Waals surface area contributed by atoms with Crippen molar-refractivity contribution in [1.29, 1.82) is 0 Å². The van der Waals surface area contributed by atoms with Crippen LogP contribution in [0.2, 0.25) is 0 Å². The number of nitrogens with zero attached hydrogens (tertiary/aromatic N) is 4. The molecule has 0 fully saturated rings. The predicted molar refractivity (Wildman–Crippen MR) is 80.9 cm³/mol. The van der Waals surface area contributed by atoms with Crippen LogP contribution in [0.4, 0.5) is 17.8 Å². The summed E-state index contributed by atoms with van der Waals surface area (Å²) < 4.78 is 0. The summed E-state index contributed by atoms with van der Waals surface area (Å²) in [5.74, 6) is 1.94. The molecule has 0 bridgehead atoms. The monoisotopic (exact) mass is 266 g/mol. The van der Waals surface area contributed by atoms with Crippen LogP contribution in [0.15, 0.2) is 0 Å². The first-order valence-electron chi connectivity index (χ1n) is 6.92. The Hall–Kier alpha value is -1.59. The van der Waals surface area contributed by atoms with Gasteiger partial charge in [-0.05, 0) is 41.5 Å². The van der Waals surface area contributed by atoms with Crippen LogP contribution in [-0.4, -0.2) is 40.1 Å². The van der Waals surface area contributed by atoms with Gasteiger partial charge in [-0.3, -0.25) is 0 Å². The summed E-state index contributed by atoms with van der Waals surface area (Å²) in [7, 11) is 0. The molecule has 19 heavy (non-hydrogen) atoms. The summed E-state index contributed by atoms with van der Waals surface area (Å²) in [6, 6.07) is 0. The topological polar surface area (TPSA) is 66.0 Å². The highest BCUT2D eigenvalue weighted by atomic mass is 15.3. The van der Waals surface area contributed by atoms with Gasteiger partial charge in [0, 0.05) is 25.2 Å². The molecule has 0 atom stereocenters. The smallest absolute Gasteiger partial charge is 0.231 e. The van der Waals surface area contributed by atoms with Gasteiger partial charge >= 0.3 is 0 Å². The fraction of sp³-hybridized carbons (Fsp3) is 0.769. The van der Waals surface area contributed by atoms with E-state index in [0.29, 0.717) is 17.8 Å². The maximum Gasteiger partial charge on any atom is 0.231 e. The van der Waals surface area contributed by atoms with E-state index in [9.17, 15) is 0 Å². The number of hydrogen-bond donors (Lipinski definition) is 2. The average molecular weight is 266 g/mol. The molecule has 0 aliphatic carbocycles. The molecule has 6 heteroatoms. The highest BCUT2D eigenvalue weighted by Crippen LogP contribution is 2.16. The fourth-order valence-electron chi connectivity index (χ4n) is 1.64. The van der Waals surface area contributed by atoms with Gasteiger partial charge in [-0.2, -0.15) is 15.0 Å². The van der Waals surface area contributed by atoms with Crippen molar-refractivity contribution in [2.45, 2.75) is 47.1 Å². The van der Waals surface area contributed by atoms with Crippen molar-refractivity contribution in [1.82, 2.24) is 15.0 Å². The van der Waals surface area contributed by atoms with Gasteiger partial charge in [0.1, 0.15) is 0 Å². The minimum absolute atomic E-state index is 0.0780. The molecule has 1 rings (SSSR count). The van der Waals surface area contributed by atoms with Crippen molar-refractivity contribution in [2.24, 2.45) is 0 Å². The highest BCUT2D eigenvalue weighted by molar-refractivity contribution is 5.44. The van der Waals surface area contributed by atoms with Crippen molar-refractivity contribution in [3.63, 3.8) is 0 Å². The van der Waals surface area contributed by atoms with Crippen molar-refractivity contribution in [3.05, 3.63) is 0 Å². The SMILES string of the molecule is CCNc1nc(NC(C)(C)C)nc(N(CC)CC)n1. The molecular weight excluding hydrogens is 240 g/mol. The van der Waals surface area contributed by atoms with E-state index < -0.39 is 0 Å². The Morgan fingerprint density at radius 3 is 2.00 bits per heavy atom. The maximum absolute atomic E-state index is 4.50. The lowest BCUT2D eigenvalue weighted by Crippen LogP contribution is -2.30. The van der Waals surface area contributed by atoms with E-state index in [0.717, 1.165) is 19.6 Å². The molecule has 0 saturated carbocycles. The standard InChI is InChI=1S/C13H26N6/c1-7-14-10-15-11(18-13(4,5)6)17-12(16-10)19(8-2)9-3/h7-9H2,1-6H3,(H2,14,15,16,17,18). The largest absolute Gasteiger partial charge is 0.354 e. The van der Waals surface area contributed by atoms with Crippen molar-refractivity contribution in [3.8, 4) is 0 Å². The van der Waals surface area contributed by atoms with Crippen LogP contribution in [-0.2, 0) is 0 Å². The van der Waals surface area contributed by atoms with Crippen molar-refractivity contribution in [2.75, 3.05) is 35.2 Å². The minimum atomic E-state index is -0.0780. The second kappa shape index (κ2) is 6.54. The van der Waals surface area contributed by atoms with Gasteiger partial charge in [0.25, 0.3) is 0 Å². The van der Waals surface area contributed by atoms with Crippen LogP contribution in [0.1, 0.15) is 41.5 Å². The number of nitrogens with one attached hydrogen (secondary N) is 2. The number of rotatable bonds is 6. The average Bonchev–Trinajstić information content (AvgIpc) is 2.28. The van der Waals surface area contributed by atoms with Gasteiger partial charge in [0.15, 0.2) is 0 Å². The fourth-order valence-corrected chi connectivity index (χ4v) is 1.64. The normalized spacial score (nSPS) is 11.3. The van der Waals surface area contributed by atoms with Gasteiger partial charge < -0.3 is 15.5 Å². The Bertz CT molecular complexity index is 395. The predicted octanol–water partition coefficient (Wildman–Crippen LogP) is 2.36. The second-order valence-corrected chi connectivity index (χ2v) is 5.36. The molecule has 1 aromatic heterocycles. The Labute approximate surface area is 116 Å². The lowest BCUT2D eigenvalue weighted by molar-refractivity contribution is 0.624. The number of hydrogen-bond acceptors (Lipinski definition) is 6. The molecule has 2 N–H and O–H groups in total. The zero-order valence-corrected chi connectivity index (χ0v) is 12.9. The molecule has 0 amide bonds. The molecule has 1 aromatic rings. The zero-order valence-electron chi connectivity index (χ0n) is 12.9. The molecule has 1 heterocycles.